The molecule has 5 nitrogen and oxygen atoms in total. The molecule has 2 aliphatic heterocycles. The summed E-state index contributed by atoms with van der Waals surface area (Å²) in [6, 6.07) is 0.420. The Morgan fingerprint density at radius 1 is 1.48 bits per heavy atom. The molecule has 0 saturated carbocycles. The Morgan fingerprint density at radius 3 is 3.04 bits per heavy atom. The Labute approximate surface area is 142 Å². The van der Waals surface area contributed by atoms with Gasteiger partial charge in [0.05, 0.1) is 18.7 Å². The van der Waals surface area contributed by atoms with Gasteiger partial charge in [0.2, 0.25) is 5.91 Å². The van der Waals surface area contributed by atoms with Crippen molar-refractivity contribution in [2.24, 2.45) is 0 Å². The van der Waals surface area contributed by atoms with Crippen molar-refractivity contribution in [2.75, 3.05) is 26.8 Å². The van der Waals surface area contributed by atoms with E-state index in [9.17, 15) is 4.79 Å². The number of carbonyl (C=O) groups excluding carboxylic acids is 1. The maximum Gasteiger partial charge on any atom is 0.223 e. The van der Waals surface area contributed by atoms with Crippen LogP contribution in [-0.4, -0.2) is 59.1 Å². The van der Waals surface area contributed by atoms with Gasteiger partial charge in [-0.15, -0.1) is 11.3 Å². The van der Waals surface area contributed by atoms with Gasteiger partial charge in [0, 0.05) is 37.7 Å². The van der Waals surface area contributed by atoms with Crippen LogP contribution in [0.1, 0.15) is 44.0 Å². The summed E-state index contributed by atoms with van der Waals surface area (Å²) in [4.78, 5) is 21.6. The smallest absolute Gasteiger partial charge is 0.223 e. The molecule has 1 aromatic heterocycles. The molecule has 2 aliphatic rings. The van der Waals surface area contributed by atoms with Crippen molar-refractivity contribution in [3.63, 3.8) is 0 Å². The lowest BCUT2D eigenvalue weighted by Crippen LogP contribution is -2.63. The van der Waals surface area contributed by atoms with Gasteiger partial charge in [0.15, 0.2) is 0 Å². The Morgan fingerprint density at radius 2 is 2.35 bits per heavy atom. The van der Waals surface area contributed by atoms with Crippen LogP contribution in [-0.2, 0) is 16.1 Å². The maximum atomic E-state index is 12.5. The molecule has 6 heteroatoms. The summed E-state index contributed by atoms with van der Waals surface area (Å²) in [7, 11) is 1.71. The number of thiazole rings is 1. The number of piperidine rings is 1. The molecule has 0 radical (unpaired) electrons. The summed E-state index contributed by atoms with van der Waals surface area (Å²) in [6.45, 7) is 5.60. The van der Waals surface area contributed by atoms with Crippen LogP contribution in [0.5, 0.6) is 0 Å². The van der Waals surface area contributed by atoms with E-state index in [0.29, 0.717) is 25.0 Å². The fraction of sp³-hybridized carbons (Fsp3) is 0.765. The van der Waals surface area contributed by atoms with Crippen molar-refractivity contribution in [3.05, 3.63) is 16.6 Å². The molecule has 1 spiro atoms. The second kappa shape index (κ2) is 7.28. The van der Waals surface area contributed by atoms with Gasteiger partial charge in [-0.05, 0) is 32.2 Å². The van der Waals surface area contributed by atoms with Gasteiger partial charge in [-0.3, -0.25) is 9.69 Å². The number of amides is 1. The molecule has 2 atom stereocenters. The molecule has 3 rings (SSSR count). The van der Waals surface area contributed by atoms with Crippen molar-refractivity contribution < 1.29 is 9.53 Å². The molecule has 1 aromatic rings. The van der Waals surface area contributed by atoms with E-state index >= 15 is 0 Å². The fourth-order valence-electron chi connectivity index (χ4n) is 4.56. The van der Waals surface area contributed by atoms with E-state index in [1.165, 1.54) is 5.01 Å². The summed E-state index contributed by atoms with van der Waals surface area (Å²) in [5.41, 5.74) is -0.000126. The van der Waals surface area contributed by atoms with E-state index in [1.807, 2.05) is 11.6 Å². The van der Waals surface area contributed by atoms with Gasteiger partial charge in [-0.2, -0.15) is 0 Å². The summed E-state index contributed by atoms with van der Waals surface area (Å²) in [6.07, 6.45) is 6.90. The zero-order chi connectivity index (χ0) is 16.3. The fourth-order valence-corrected chi connectivity index (χ4v) is 5.20. The highest BCUT2D eigenvalue weighted by atomic mass is 32.1. The maximum absolute atomic E-state index is 12.5. The number of carbonyl (C=O) groups is 1. The highest BCUT2D eigenvalue weighted by Gasteiger charge is 2.52. The van der Waals surface area contributed by atoms with Gasteiger partial charge in [0.1, 0.15) is 5.01 Å². The first-order valence-corrected chi connectivity index (χ1v) is 9.51. The summed E-state index contributed by atoms with van der Waals surface area (Å²) >= 11 is 1.72. The van der Waals surface area contributed by atoms with E-state index in [2.05, 4.69) is 21.7 Å². The highest BCUT2D eigenvalue weighted by Crippen LogP contribution is 2.43. The monoisotopic (exact) mass is 337 g/mol. The van der Waals surface area contributed by atoms with Gasteiger partial charge in [-0.1, -0.05) is 6.92 Å². The van der Waals surface area contributed by atoms with Crippen molar-refractivity contribution in [1.82, 2.24) is 14.8 Å². The number of likely N-dealkylation sites (tertiary alicyclic amines) is 2. The van der Waals surface area contributed by atoms with Gasteiger partial charge in [-0.25, -0.2) is 4.98 Å². The number of hydrogen-bond acceptors (Lipinski definition) is 5. The third-order valence-electron chi connectivity index (χ3n) is 5.45. The number of methoxy groups -OCH3 is 1. The summed E-state index contributed by atoms with van der Waals surface area (Å²) < 4.78 is 5.25. The predicted molar refractivity (Wildman–Crippen MR) is 91.4 cm³/mol. The van der Waals surface area contributed by atoms with Crippen LogP contribution < -0.4 is 0 Å². The van der Waals surface area contributed by atoms with Gasteiger partial charge in [0.25, 0.3) is 0 Å². The Kier molecular flexibility index (Phi) is 5.34. The molecule has 23 heavy (non-hydrogen) atoms. The molecule has 2 saturated heterocycles. The molecular weight excluding hydrogens is 310 g/mol. The minimum atomic E-state index is -0.000126. The minimum Gasteiger partial charge on any atom is -0.383 e. The van der Waals surface area contributed by atoms with Crippen molar-refractivity contribution in [3.8, 4) is 0 Å². The molecule has 128 valence electrons. The quantitative estimate of drug-likeness (QED) is 0.800. The van der Waals surface area contributed by atoms with Crippen molar-refractivity contribution >= 4 is 17.2 Å². The largest absolute Gasteiger partial charge is 0.383 e. The van der Waals surface area contributed by atoms with E-state index in [4.69, 9.17) is 4.74 Å². The van der Waals surface area contributed by atoms with Crippen molar-refractivity contribution in [1.29, 1.82) is 0 Å². The number of nitrogens with zero attached hydrogens (tertiary/aromatic N) is 3. The van der Waals surface area contributed by atoms with Crippen LogP contribution in [0.3, 0.4) is 0 Å². The van der Waals surface area contributed by atoms with Crippen LogP contribution in [0, 0.1) is 0 Å². The molecule has 0 N–H and O–H groups in total. The second-order valence-electron chi connectivity index (χ2n) is 6.57. The zero-order valence-electron chi connectivity index (χ0n) is 14.2. The van der Waals surface area contributed by atoms with E-state index < -0.39 is 0 Å². The lowest BCUT2D eigenvalue weighted by Gasteiger charge is -2.52. The van der Waals surface area contributed by atoms with Gasteiger partial charge >= 0.3 is 0 Å². The van der Waals surface area contributed by atoms with Gasteiger partial charge < -0.3 is 9.64 Å². The standard InChI is InChI=1S/C17H27N3O2S/c1-3-14-17(7-5-16(21)20(17)10-11-22-2)6-4-9-19(14)13-15-18-8-12-23-15/h8,12,14H,3-7,9-11,13H2,1-2H3/t14-,17-/m0/s1. The summed E-state index contributed by atoms with van der Waals surface area (Å²) in [5, 5.41) is 3.22. The Hall–Kier alpha value is -0.980. The third-order valence-corrected chi connectivity index (χ3v) is 6.22. The topological polar surface area (TPSA) is 45.7 Å². The average Bonchev–Trinajstić information content (AvgIpc) is 3.16. The number of hydrogen-bond donors (Lipinski definition) is 0. The molecule has 0 aromatic carbocycles. The lowest BCUT2D eigenvalue weighted by atomic mass is 9.77. The molecular formula is C17H27N3O2S. The number of rotatable bonds is 6. The predicted octanol–water partition coefficient (Wildman–Crippen LogP) is 2.53. The number of ether oxygens (including phenoxy) is 1. The third kappa shape index (κ3) is 3.16. The van der Waals surface area contributed by atoms with Crippen LogP contribution >= 0.6 is 11.3 Å². The first-order chi connectivity index (χ1) is 11.2. The minimum absolute atomic E-state index is 0.000126. The van der Waals surface area contributed by atoms with Crippen LogP contribution in [0.15, 0.2) is 11.6 Å². The molecule has 1 amide bonds. The molecule has 0 unspecified atom stereocenters. The lowest BCUT2D eigenvalue weighted by molar-refractivity contribution is -0.136. The van der Waals surface area contributed by atoms with Crippen LogP contribution in [0.2, 0.25) is 0 Å². The number of aromatic nitrogens is 1. The molecule has 3 heterocycles. The average molecular weight is 337 g/mol. The van der Waals surface area contributed by atoms with Crippen molar-refractivity contribution in [2.45, 2.75) is 57.2 Å². The second-order valence-corrected chi connectivity index (χ2v) is 7.54. The normalized spacial score (nSPS) is 28.9. The SMILES string of the molecule is CC[C@@H]1N(Cc2nccs2)CCC[C@]12CCC(=O)N2CCOC. The Bertz CT molecular complexity index is 522. The zero-order valence-corrected chi connectivity index (χ0v) is 15.0. The molecule has 0 bridgehead atoms. The molecule has 2 fully saturated rings. The highest BCUT2D eigenvalue weighted by molar-refractivity contribution is 7.09. The first-order valence-electron chi connectivity index (χ1n) is 8.63. The Balaban J connectivity index is 1.82. The van der Waals surface area contributed by atoms with E-state index in [-0.39, 0.29) is 5.54 Å². The summed E-state index contributed by atoms with van der Waals surface area (Å²) in [5.74, 6) is 0.302. The van der Waals surface area contributed by atoms with E-state index in [0.717, 1.165) is 45.3 Å². The van der Waals surface area contributed by atoms with Crippen LogP contribution in [0.25, 0.3) is 0 Å². The van der Waals surface area contributed by atoms with Crippen LogP contribution in [0.4, 0.5) is 0 Å². The van der Waals surface area contributed by atoms with E-state index in [1.54, 1.807) is 18.4 Å². The first kappa shape index (κ1) is 16.9. The molecule has 0 aliphatic carbocycles.